The third-order valence-corrected chi connectivity index (χ3v) is 7.28. The molecule has 2 atom stereocenters. The Morgan fingerprint density at radius 2 is 1.78 bits per heavy atom. The molecule has 0 saturated heterocycles. The number of halogens is 3. The van der Waals surface area contributed by atoms with Crippen LogP contribution in [0.15, 0.2) is 77.5 Å². The Morgan fingerprint density at radius 3 is 2.49 bits per heavy atom. The van der Waals surface area contributed by atoms with E-state index < -0.39 is 23.8 Å². The molecule has 0 fully saturated rings. The van der Waals surface area contributed by atoms with Crippen molar-refractivity contribution >= 4 is 39.8 Å². The van der Waals surface area contributed by atoms with E-state index in [1.165, 1.54) is 12.1 Å². The average molecular weight is 633 g/mol. The first-order valence-corrected chi connectivity index (χ1v) is 13.8. The molecule has 0 radical (unpaired) electrons. The molecule has 4 nitrogen and oxygen atoms in total. The van der Waals surface area contributed by atoms with Crippen molar-refractivity contribution in [3.05, 3.63) is 115 Å². The van der Waals surface area contributed by atoms with Crippen LogP contribution in [0.1, 0.15) is 27.0 Å². The van der Waals surface area contributed by atoms with Crippen LogP contribution in [0.3, 0.4) is 0 Å². The second-order valence-corrected chi connectivity index (χ2v) is 11.0. The normalized spacial score (nSPS) is 12.8. The van der Waals surface area contributed by atoms with Gasteiger partial charge in [0, 0.05) is 28.3 Å². The zero-order valence-corrected chi connectivity index (χ0v) is 23.2. The van der Waals surface area contributed by atoms with Crippen LogP contribution in [0.2, 0.25) is 0 Å². The maximum Gasteiger partial charge on any atom is 0.251 e. The smallest absolute Gasteiger partial charge is 0.251 e. The molecule has 0 unspecified atom stereocenters. The van der Waals surface area contributed by atoms with Crippen molar-refractivity contribution in [1.29, 1.82) is 0 Å². The van der Waals surface area contributed by atoms with Gasteiger partial charge in [0.1, 0.15) is 11.6 Å². The lowest BCUT2D eigenvalue weighted by Gasteiger charge is -2.25. The van der Waals surface area contributed by atoms with E-state index in [4.69, 9.17) is 0 Å². The summed E-state index contributed by atoms with van der Waals surface area (Å²) in [5.41, 5.74) is 4.74. The van der Waals surface area contributed by atoms with Gasteiger partial charge in [-0.25, -0.2) is 8.78 Å². The highest BCUT2D eigenvalue weighted by Crippen LogP contribution is 2.25. The Labute approximate surface area is 232 Å². The van der Waals surface area contributed by atoms with Gasteiger partial charge in [-0.15, -0.1) is 0 Å². The Balaban J connectivity index is 1.51. The van der Waals surface area contributed by atoms with Crippen LogP contribution in [0.5, 0.6) is 0 Å². The number of nitrogens with one attached hydrogen (secondary N) is 2. The molecular weight excluding hydrogens is 605 g/mol. The minimum absolute atomic E-state index is 0.0652. The van der Waals surface area contributed by atoms with Gasteiger partial charge in [0.25, 0.3) is 5.91 Å². The van der Waals surface area contributed by atoms with Crippen molar-refractivity contribution in [2.24, 2.45) is 0 Å². The van der Waals surface area contributed by atoms with Crippen molar-refractivity contribution in [2.45, 2.75) is 32.0 Å². The number of hydrogen-bond acceptors (Lipinski definition) is 4. The minimum atomic E-state index is -1.00. The Kier molecular flexibility index (Phi) is 9.42. The molecule has 1 amide bonds. The molecule has 1 heterocycles. The van der Waals surface area contributed by atoms with Crippen molar-refractivity contribution in [3.8, 4) is 11.1 Å². The minimum Gasteiger partial charge on any atom is -0.390 e. The van der Waals surface area contributed by atoms with Gasteiger partial charge in [0.2, 0.25) is 0 Å². The van der Waals surface area contributed by atoms with Gasteiger partial charge in [-0.1, -0.05) is 18.2 Å². The van der Waals surface area contributed by atoms with E-state index >= 15 is 0 Å². The standard InChI is InChI=1S/C29H27F2IN2O2S/c1-18-7-22(21-5-6-37-17-21)13-23(8-18)29(36)34-27(12-20-9-24(30)14-25(31)10-20)28(35)16-33-15-19-3-2-4-26(32)11-19/h2-11,13-14,17,27-28,33,35H,12,15-16H2,1H3,(H,34,36)/t27-,28+/m0/s1. The number of thiophene rings is 1. The van der Waals surface area contributed by atoms with Crippen LogP contribution >= 0.6 is 33.9 Å². The lowest BCUT2D eigenvalue weighted by atomic mass is 9.98. The van der Waals surface area contributed by atoms with Gasteiger partial charge in [-0.3, -0.25) is 4.79 Å². The van der Waals surface area contributed by atoms with Crippen LogP contribution < -0.4 is 10.6 Å². The highest BCUT2D eigenvalue weighted by Gasteiger charge is 2.23. The molecule has 0 bridgehead atoms. The molecule has 192 valence electrons. The Morgan fingerprint density at radius 1 is 1.00 bits per heavy atom. The Hall–Kier alpha value is -2.66. The van der Waals surface area contributed by atoms with Gasteiger partial charge >= 0.3 is 0 Å². The van der Waals surface area contributed by atoms with Crippen molar-refractivity contribution in [2.75, 3.05) is 6.54 Å². The van der Waals surface area contributed by atoms with Gasteiger partial charge in [0.05, 0.1) is 12.1 Å². The molecule has 4 aromatic rings. The van der Waals surface area contributed by atoms with E-state index in [0.717, 1.165) is 31.9 Å². The van der Waals surface area contributed by atoms with Gasteiger partial charge in [-0.05, 0) is 117 Å². The fraction of sp³-hybridized carbons (Fsp3) is 0.207. The number of amides is 1. The molecule has 0 aliphatic carbocycles. The van der Waals surface area contributed by atoms with Gasteiger partial charge < -0.3 is 15.7 Å². The van der Waals surface area contributed by atoms with E-state index in [9.17, 15) is 18.7 Å². The van der Waals surface area contributed by atoms with Gasteiger partial charge in [-0.2, -0.15) is 11.3 Å². The SMILES string of the molecule is Cc1cc(C(=O)N[C@@H](Cc2cc(F)cc(F)c2)[C@H](O)CNCc2cccc(I)c2)cc(-c2ccsc2)c1. The second kappa shape index (κ2) is 12.7. The summed E-state index contributed by atoms with van der Waals surface area (Å²) in [6.07, 6.45) is -0.936. The number of aliphatic hydroxyl groups excluding tert-OH is 1. The molecule has 0 spiro atoms. The summed E-state index contributed by atoms with van der Waals surface area (Å²) < 4.78 is 28.8. The number of hydrogen-bond donors (Lipinski definition) is 3. The quantitative estimate of drug-likeness (QED) is 0.185. The summed E-state index contributed by atoms with van der Waals surface area (Å²) in [7, 11) is 0. The average Bonchev–Trinajstić information content (AvgIpc) is 3.38. The second-order valence-electron chi connectivity index (χ2n) is 8.99. The fourth-order valence-corrected chi connectivity index (χ4v) is 5.45. The zero-order valence-electron chi connectivity index (χ0n) is 20.2. The number of benzene rings is 3. The lowest BCUT2D eigenvalue weighted by molar-refractivity contribution is 0.0830. The summed E-state index contributed by atoms with van der Waals surface area (Å²) in [5, 5.41) is 21.1. The van der Waals surface area contributed by atoms with E-state index in [1.807, 2.05) is 60.1 Å². The molecule has 3 N–H and O–H groups in total. The predicted molar refractivity (Wildman–Crippen MR) is 153 cm³/mol. The molecule has 1 aromatic heterocycles. The third kappa shape index (κ3) is 7.91. The van der Waals surface area contributed by atoms with Crippen molar-refractivity contribution in [1.82, 2.24) is 10.6 Å². The number of aliphatic hydroxyl groups is 1. The maximum atomic E-state index is 13.9. The van der Waals surface area contributed by atoms with Crippen LogP contribution in [0, 0.1) is 22.1 Å². The lowest BCUT2D eigenvalue weighted by Crippen LogP contribution is -2.48. The molecule has 0 saturated carbocycles. The zero-order chi connectivity index (χ0) is 26.4. The topological polar surface area (TPSA) is 61.4 Å². The first-order chi connectivity index (χ1) is 17.8. The summed E-state index contributed by atoms with van der Waals surface area (Å²) in [4.78, 5) is 13.3. The van der Waals surface area contributed by atoms with Gasteiger partial charge in [0.15, 0.2) is 0 Å². The van der Waals surface area contributed by atoms with E-state index in [0.29, 0.717) is 17.7 Å². The summed E-state index contributed by atoms with van der Waals surface area (Å²) >= 11 is 3.82. The monoisotopic (exact) mass is 632 g/mol. The van der Waals surface area contributed by atoms with Crippen molar-refractivity contribution in [3.63, 3.8) is 0 Å². The van der Waals surface area contributed by atoms with Crippen LogP contribution in [0.4, 0.5) is 8.78 Å². The fourth-order valence-electron chi connectivity index (χ4n) is 4.18. The van der Waals surface area contributed by atoms with Crippen LogP contribution in [-0.4, -0.2) is 29.7 Å². The van der Waals surface area contributed by atoms with E-state index in [2.05, 4.69) is 33.2 Å². The largest absolute Gasteiger partial charge is 0.390 e. The molecule has 3 aromatic carbocycles. The first-order valence-electron chi connectivity index (χ1n) is 11.8. The molecule has 37 heavy (non-hydrogen) atoms. The van der Waals surface area contributed by atoms with Crippen LogP contribution in [0.25, 0.3) is 11.1 Å². The number of carbonyl (C=O) groups is 1. The summed E-state index contributed by atoms with van der Waals surface area (Å²) in [6.45, 7) is 2.64. The number of rotatable bonds is 10. The molecule has 0 aliphatic rings. The van der Waals surface area contributed by atoms with Crippen molar-refractivity contribution < 1.29 is 18.7 Å². The molecular formula is C29H27F2IN2O2S. The summed E-state index contributed by atoms with van der Waals surface area (Å²) in [5.74, 6) is -1.77. The third-order valence-electron chi connectivity index (χ3n) is 5.92. The van der Waals surface area contributed by atoms with Crippen LogP contribution in [-0.2, 0) is 13.0 Å². The summed E-state index contributed by atoms with van der Waals surface area (Å²) in [6, 6.07) is 18.0. The van der Waals surface area contributed by atoms with E-state index in [1.54, 1.807) is 17.4 Å². The molecule has 4 rings (SSSR count). The van der Waals surface area contributed by atoms with E-state index in [-0.39, 0.29) is 18.9 Å². The highest BCUT2D eigenvalue weighted by molar-refractivity contribution is 14.1. The highest BCUT2D eigenvalue weighted by atomic mass is 127. The maximum absolute atomic E-state index is 13.9. The predicted octanol–water partition coefficient (Wildman–Crippen LogP) is 6.10. The Bertz CT molecular complexity index is 1340. The first kappa shape index (κ1) is 27.4. The number of aryl methyl sites for hydroxylation is 1. The number of carbonyl (C=O) groups excluding carboxylic acids is 1. The molecule has 0 aliphatic heterocycles. The molecule has 8 heteroatoms.